The van der Waals surface area contributed by atoms with E-state index in [4.69, 9.17) is 16.3 Å². The Labute approximate surface area is 164 Å². The molecule has 8 heteroatoms. The zero-order valence-electron chi connectivity index (χ0n) is 15.2. The fraction of sp³-hybridized carbons (Fsp3) is 0.316. The normalized spacial score (nSPS) is 11.4. The van der Waals surface area contributed by atoms with Crippen LogP contribution in [0.5, 0.6) is 0 Å². The maximum atomic E-state index is 12.4. The highest BCUT2D eigenvalue weighted by Crippen LogP contribution is 2.18. The van der Waals surface area contributed by atoms with Gasteiger partial charge in [0, 0.05) is 29.4 Å². The lowest BCUT2D eigenvalue weighted by atomic mass is 10.2. The van der Waals surface area contributed by atoms with Gasteiger partial charge in [0.15, 0.2) is 0 Å². The van der Waals surface area contributed by atoms with Crippen molar-refractivity contribution in [1.82, 2.24) is 5.32 Å². The Morgan fingerprint density at radius 2 is 1.70 bits per heavy atom. The van der Waals surface area contributed by atoms with Gasteiger partial charge in [0.25, 0.3) is 15.9 Å². The molecule has 0 spiro atoms. The third-order valence-corrected chi connectivity index (χ3v) is 5.23. The molecule has 0 atom stereocenters. The first-order valence-corrected chi connectivity index (χ1v) is 10.4. The number of carbonyl (C=O) groups excluding carboxylic acids is 1. The van der Waals surface area contributed by atoms with E-state index < -0.39 is 10.0 Å². The lowest BCUT2D eigenvalue weighted by Gasteiger charge is -2.10. The van der Waals surface area contributed by atoms with Crippen LogP contribution in [-0.4, -0.2) is 33.6 Å². The molecule has 0 unspecified atom stereocenters. The summed E-state index contributed by atoms with van der Waals surface area (Å²) >= 11 is 5.79. The van der Waals surface area contributed by atoms with Crippen molar-refractivity contribution in [2.24, 2.45) is 0 Å². The van der Waals surface area contributed by atoms with Gasteiger partial charge in [-0.2, -0.15) is 0 Å². The van der Waals surface area contributed by atoms with E-state index >= 15 is 0 Å². The van der Waals surface area contributed by atoms with E-state index in [-0.39, 0.29) is 16.9 Å². The van der Waals surface area contributed by atoms with Crippen LogP contribution in [0.1, 0.15) is 30.6 Å². The quantitative estimate of drug-likeness (QED) is 0.617. The average Bonchev–Trinajstić information content (AvgIpc) is 2.63. The number of ether oxygens (including phenoxy) is 1. The largest absolute Gasteiger partial charge is 0.379 e. The summed E-state index contributed by atoms with van der Waals surface area (Å²) in [4.78, 5) is 12.2. The van der Waals surface area contributed by atoms with Crippen molar-refractivity contribution in [3.63, 3.8) is 0 Å². The van der Waals surface area contributed by atoms with Gasteiger partial charge in [-0.3, -0.25) is 9.52 Å². The number of amides is 1. The second kappa shape index (κ2) is 9.73. The Kier molecular flexibility index (Phi) is 7.65. The first-order valence-electron chi connectivity index (χ1n) is 8.56. The van der Waals surface area contributed by atoms with E-state index in [9.17, 15) is 13.2 Å². The van der Waals surface area contributed by atoms with Crippen LogP contribution in [0.2, 0.25) is 5.02 Å². The molecule has 6 nitrogen and oxygen atoms in total. The van der Waals surface area contributed by atoms with Crippen LogP contribution in [-0.2, 0) is 14.8 Å². The maximum Gasteiger partial charge on any atom is 0.261 e. The van der Waals surface area contributed by atoms with Gasteiger partial charge < -0.3 is 10.1 Å². The Morgan fingerprint density at radius 3 is 2.30 bits per heavy atom. The second-order valence-electron chi connectivity index (χ2n) is 6.17. The lowest BCUT2D eigenvalue weighted by molar-refractivity contribution is 0.0757. The molecule has 1 amide bonds. The van der Waals surface area contributed by atoms with Crippen LogP contribution >= 0.6 is 11.6 Å². The number of hydrogen-bond acceptors (Lipinski definition) is 4. The van der Waals surface area contributed by atoms with Crippen LogP contribution in [0.25, 0.3) is 0 Å². The van der Waals surface area contributed by atoms with Gasteiger partial charge in [0.05, 0.1) is 11.0 Å². The third-order valence-electron chi connectivity index (χ3n) is 3.58. The molecule has 0 aliphatic heterocycles. The first-order chi connectivity index (χ1) is 12.8. The van der Waals surface area contributed by atoms with E-state index in [0.29, 0.717) is 35.8 Å². The smallest absolute Gasteiger partial charge is 0.261 e. The molecule has 0 saturated carbocycles. The third kappa shape index (κ3) is 6.86. The Morgan fingerprint density at radius 1 is 1.07 bits per heavy atom. The number of nitrogens with one attached hydrogen (secondary N) is 2. The molecule has 0 heterocycles. The van der Waals surface area contributed by atoms with Gasteiger partial charge in [0.1, 0.15) is 0 Å². The molecule has 0 aliphatic rings. The molecule has 0 aliphatic carbocycles. The molecule has 2 N–H and O–H groups in total. The number of benzene rings is 2. The lowest BCUT2D eigenvalue weighted by Crippen LogP contribution is -2.25. The maximum absolute atomic E-state index is 12.4. The van der Waals surface area contributed by atoms with Gasteiger partial charge in [-0.1, -0.05) is 11.6 Å². The van der Waals surface area contributed by atoms with Crippen LogP contribution in [0.4, 0.5) is 5.69 Å². The summed E-state index contributed by atoms with van der Waals surface area (Å²) < 4.78 is 32.7. The molecule has 0 radical (unpaired) electrons. The van der Waals surface area contributed by atoms with Crippen molar-refractivity contribution in [3.05, 3.63) is 59.1 Å². The highest BCUT2D eigenvalue weighted by Gasteiger charge is 2.15. The van der Waals surface area contributed by atoms with Crippen molar-refractivity contribution in [2.75, 3.05) is 17.9 Å². The predicted molar refractivity (Wildman–Crippen MR) is 107 cm³/mol. The van der Waals surface area contributed by atoms with E-state index in [0.717, 1.165) is 0 Å². The van der Waals surface area contributed by atoms with Crippen molar-refractivity contribution >= 4 is 33.2 Å². The molecular formula is C19H23ClN2O4S. The summed E-state index contributed by atoms with van der Waals surface area (Å²) in [5, 5.41) is 3.30. The molecule has 0 fully saturated rings. The van der Waals surface area contributed by atoms with Crippen molar-refractivity contribution in [2.45, 2.75) is 31.3 Å². The minimum Gasteiger partial charge on any atom is -0.379 e. The molecule has 0 saturated heterocycles. The Balaban J connectivity index is 1.93. The molecular weight excluding hydrogens is 388 g/mol. The van der Waals surface area contributed by atoms with Crippen LogP contribution in [0.3, 0.4) is 0 Å². The summed E-state index contributed by atoms with van der Waals surface area (Å²) in [7, 11) is -3.74. The molecule has 146 valence electrons. The second-order valence-corrected chi connectivity index (χ2v) is 8.28. The highest BCUT2D eigenvalue weighted by molar-refractivity contribution is 7.92. The van der Waals surface area contributed by atoms with Gasteiger partial charge in [-0.25, -0.2) is 8.42 Å². The van der Waals surface area contributed by atoms with E-state index in [1.807, 2.05) is 13.8 Å². The van der Waals surface area contributed by atoms with Crippen LogP contribution in [0.15, 0.2) is 53.4 Å². The summed E-state index contributed by atoms with van der Waals surface area (Å²) in [6.07, 6.45) is 0.873. The van der Waals surface area contributed by atoms with Crippen LogP contribution in [0, 0.1) is 0 Å². The summed E-state index contributed by atoms with van der Waals surface area (Å²) in [6.45, 7) is 4.97. The van der Waals surface area contributed by atoms with Gasteiger partial charge in [0.2, 0.25) is 0 Å². The Hall–Kier alpha value is -2.09. The summed E-state index contributed by atoms with van der Waals surface area (Å²) in [5.74, 6) is -0.255. The molecule has 27 heavy (non-hydrogen) atoms. The van der Waals surface area contributed by atoms with Crippen molar-refractivity contribution in [3.8, 4) is 0 Å². The van der Waals surface area contributed by atoms with Gasteiger partial charge >= 0.3 is 0 Å². The van der Waals surface area contributed by atoms with E-state index in [2.05, 4.69) is 10.0 Å². The van der Waals surface area contributed by atoms with Gasteiger partial charge in [-0.05, 0) is 68.8 Å². The van der Waals surface area contributed by atoms with Gasteiger partial charge in [-0.15, -0.1) is 0 Å². The number of anilines is 1. The Bertz CT molecular complexity index is 850. The monoisotopic (exact) mass is 410 g/mol. The summed E-state index contributed by atoms with van der Waals surface area (Å²) in [6, 6.07) is 12.1. The van der Waals surface area contributed by atoms with E-state index in [1.54, 1.807) is 24.3 Å². The molecule has 2 aromatic carbocycles. The number of halogens is 1. The minimum absolute atomic E-state index is 0.0688. The molecule has 2 rings (SSSR count). The topological polar surface area (TPSA) is 84.5 Å². The molecule has 2 aromatic rings. The van der Waals surface area contributed by atoms with Crippen LogP contribution < -0.4 is 10.0 Å². The van der Waals surface area contributed by atoms with E-state index in [1.165, 1.54) is 24.3 Å². The summed E-state index contributed by atoms with van der Waals surface area (Å²) in [5.41, 5.74) is 0.801. The molecule has 0 aromatic heterocycles. The number of rotatable bonds is 9. The van der Waals surface area contributed by atoms with Crippen molar-refractivity contribution in [1.29, 1.82) is 0 Å². The number of carbonyl (C=O) groups is 1. The number of hydrogen-bond donors (Lipinski definition) is 2. The average molecular weight is 411 g/mol. The highest BCUT2D eigenvalue weighted by atomic mass is 35.5. The van der Waals surface area contributed by atoms with Crippen molar-refractivity contribution < 1.29 is 17.9 Å². The SMILES string of the molecule is CC(C)OCCCNC(=O)c1ccc(S(=O)(=O)Nc2ccc(Cl)cc2)cc1. The zero-order valence-corrected chi connectivity index (χ0v) is 16.8. The zero-order chi connectivity index (χ0) is 19.9. The fourth-order valence-electron chi connectivity index (χ4n) is 2.21. The first kappa shape index (κ1) is 21.2. The predicted octanol–water partition coefficient (Wildman–Crippen LogP) is 3.69. The standard InChI is InChI=1S/C19H23ClN2O4S/c1-14(2)26-13-3-12-21-19(23)15-4-10-18(11-5-15)27(24,25)22-17-8-6-16(20)7-9-17/h4-11,14,22H,3,12-13H2,1-2H3,(H,21,23). The fourth-order valence-corrected chi connectivity index (χ4v) is 3.40. The number of sulfonamides is 1. The minimum atomic E-state index is -3.74. The molecule has 0 bridgehead atoms.